The van der Waals surface area contributed by atoms with Gasteiger partial charge in [0.25, 0.3) is 5.91 Å². The molecule has 7 heteroatoms. The van der Waals surface area contributed by atoms with Gasteiger partial charge in [-0.15, -0.1) is 0 Å². The van der Waals surface area contributed by atoms with Gasteiger partial charge in [0.1, 0.15) is 5.76 Å². The smallest absolute Gasteiger partial charge is 0.276 e. The standard InChI is InChI=1S/C19H21N5O2/c1-12(2)16-18-21-17(14-7-5-4-6-8-14)22-24(18)10-9-23(16)19(25)15-13(3)26-11-20-15/h4-8,11-12,16H,9-10H2,1-3H3/t16-/m0/s1. The van der Waals surface area contributed by atoms with Crippen LogP contribution in [0.2, 0.25) is 0 Å². The maximum absolute atomic E-state index is 13.0. The Balaban J connectivity index is 1.73. The van der Waals surface area contributed by atoms with Crippen LogP contribution in [0.1, 0.15) is 42.0 Å². The quantitative estimate of drug-likeness (QED) is 0.725. The zero-order valence-electron chi connectivity index (χ0n) is 15.1. The van der Waals surface area contributed by atoms with E-state index in [0.717, 1.165) is 11.4 Å². The third-order valence-corrected chi connectivity index (χ3v) is 4.73. The lowest BCUT2D eigenvalue weighted by atomic mass is 9.99. The molecular weight excluding hydrogens is 330 g/mol. The van der Waals surface area contributed by atoms with E-state index in [2.05, 4.69) is 23.9 Å². The van der Waals surface area contributed by atoms with Crippen molar-refractivity contribution in [2.24, 2.45) is 5.92 Å². The minimum Gasteiger partial charge on any atom is -0.448 e. The summed E-state index contributed by atoms with van der Waals surface area (Å²) >= 11 is 0. The van der Waals surface area contributed by atoms with Gasteiger partial charge >= 0.3 is 0 Å². The van der Waals surface area contributed by atoms with Crippen molar-refractivity contribution in [1.82, 2.24) is 24.6 Å². The van der Waals surface area contributed by atoms with E-state index in [9.17, 15) is 4.79 Å². The number of oxazole rings is 1. The van der Waals surface area contributed by atoms with Gasteiger partial charge < -0.3 is 9.32 Å². The molecule has 0 bridgehead atoms. The topological polar surface area (TPSA) is 77.0 Å². The minimum absolute atomic E-state index is 0.120. The molecule has 7 nitrogen and oxygen atoms in total. The molecule has 0 saturated heterocycles. The highest BCUT2D eigenvalue weighted by Gasteiger charge is 2.37. The molecule has 1 aliphatic rings. The second-order valence-corrected chi connectivity index (χ2v) is 6.83. The first-order chi connectivity index (χ1) is 12.6. The molecule has 1 aromatic carbocycles. The summed E-state index contributed by atoms with van der Waals surface area (Å²) in [4.78, 5) is 23.7. The Morgan fingerprint density at radius 2 is 2.00 bits per heavy atom. The van der Waals surface area contributed by atoms with Crippen molar-refractivity contribution in [1.29, 1.82) is 0 Å². The number of carbonyl (C=O) groups is 1. The normalized spacial score (nSPS) is 16.8. The molecule has 134 valence electrons. The van der Waals surface area contributed by atoms with Crippen LogP contribution in [0.15, 0.2) is 41.1 Å². The summed E-state index contributed by atoms with van der Waals surface area (Å²) in [5, 5.41) is 4.66. The number of benzene rings is 1. The van der Waals surface area contributed by atoms with Crippen LogP contribution < -0.4 is 0 Å². The van der Waals surface area contributed by atoms with Crippen LogP contribution in [0.5, 0.6) is 0 Å². The summed E-state index contributed by atoms with van der Waals surface area (Å²) in [6.07, 6.45) is 1.31. The zero-order valence-corrected chi connectivity index (χ0v) is 15.1. The summed E-state index contributed by atoms with van der Waals surface area (Å²) in [5.41, 5.74) is 1.34. The number of carbonyl (C=O) groups excluding carboxylic acids is 1. The molecule has 0 unspecified atom stereocenters. The van der Waals surface area contributed by atoms with Crippen LogP contribution in [0.3, 0.4) is 0 Å². The van der Waals surface area contributed by atoms with Crippen LogP contribution in [0.25, 0.3) is 11.4 Å². The molecule has 0 aliphatic carbocycles. The minimum atomic E-state index is -0.155. The second-order valence-electron chi connectivity index (χ2n) is 6.83. The Labute approximate surface area is 151 Å². The lowest BCUT2D eigenvalue weighted by Gasteiger charge is -2.37. The van der Waals surface area contributed by atoms with Crippen molar-refractivity contribution in [3.05, 3.63) is 54.0 Å². The molecule has 3 aromatic rings. The highest BCUT2D eigenvalue weighted by molar-refractivity contribution is 5.93. The lowest BCUT2D eigenvalue weighted by molar-refractivity contribution is 0.0529. The van der Waals surface area contributed by atoms with Gasteiger partial charge in [0.05, 0.1) is 12.6 Å². The van der Waals surface area contributed by atoms with E-state index < -0.39 is 0 Å². The van der Waals surface area contributed by atoms with Crippen LogP contribution in [-0.2, 0) is 6.54 Å². The van der Waals surface area contributed by atoms with Gasteiger partial charge in [0.2, 0.25) is 0 Å². The molecular formula is C19H21N5O2. The predicted octanol–water partition coefficient (Wildman–Crippen LogP) is 3.09. The Morgan fingerprint density at radius 3 is 2.65 bits per heavy atom. The number of fused-ring (bicyclic) bond motifs is 1. The van der Waals surface area contributed by atoms with Crippen molar-refractivity contribution >= 4 is 5.91 Å². The first-order valence-corrected chi connectivity index (χ1v) is 8.77. The fraction of sp³-hybridized carbons (Fsp3) is 0.368. The van der Waals surface area contributed by atoms with Gasteiger partial charge in [-0.1, -0.05) is 44.2 Å². The van der Waals surface area contributed by atoms with E-state index >= 15 is 0 Å². The zero-order chi connectivity index (χ0) is 18.3. The van der Waals surface area contributed by atoms with Crippen LogP contribution in [0, 0.1) is 12.8 Å². The van der Waals surface area contributed by atoms with E-state index in [1.165, 1.54) is 6.39 Å². The third-order valence-electron chi connectivity index (χ3n) is 4.73. The largest absolute Gasteiger partial charge is 0.448 e. The van der Waals surface area contributed by atoms with Gasteiger partial charge in [0.15, 0.2) is 23.7 Å². The van der Waals surface area contributed by atoms with Gasteiger partial charge in [-0.2, -0.15) is 5.10 Å². The predicted molar refractivity (Wildman–Crippen MR) is 95.3 cm³/mol. The number of hydrogen-bond donors (Lipinski definition) is 0. The molecule has 3 heterocycles. The SMILES string of the molecule is Cc1ocnc1C(=O)N1CCn2nc(-c3ccccc3)nc2[C@@H]1C(C)C. The van der Waals surface area contributed by atoms with Crippen molar-refractivity contribution in [3.63, 3.8) is 0 Å². The third kappa shape index (κ3) is 2.69. The molecule has 1 aliphatic heterocycles. The van der Waals surface area contributed by atoms with E-state index in [1.54, 1.807) is 6.92 Å². The van der Waals surface area contributed by atoms with Gasteiger partial charge in [0, 0.05) is 12.1 Å². The highest BCUT2D eigenvalue weighted by Crippen LogP contribution is 2.33. The van der Waals surface area contributed by atoms with E-state index in [4.69, 9.17) is 9.40 Å². The van der Waals surface area contributed by atoms with Crippen molar-refractivity contribution in [2.45, 2.75) is 33.4 Å². The molecule has 1 amide bonds. The molecule has 4 rings (SSSR count). The number of aryl methyl sites for hydroxylation is 1. The summed E-state index contributed by atoms with van der Waals surface area (Å²) < 4.78 is 7.13. The van der Waals surface area contributed by atoms with Crippen LogP contribution >= 0.6 is 0 Å². The molecule has 0 saturated carbocycles. The number of hydrogen-bond acceptors (Lipinski definition) is 5. The van der Waals surface area contributed by atoms with Crippen molar-refractivity contribution in [2.75, 3.05) is 6.54 Å². The van der Waals surface area contributed by atoms with Gasteiger partial charge in [-0.3, -0.25) is 4.79 Å². The van der Waals surface area contributed by atoms with Crippen molar-refractivity contribution in [3.8, 4) is 11.4 Å². The first kappa shape index (κ1) is 16.5. The fourth-order valence-corrected chi connectivity index (χ4v) is 3.46. The van der Waals surface area contributed by atoms with E-state index in [1.807, 2.05) is 39.9 Å². The highest BCUT2D eigenvalue weighted by atomic mass is 16.3. The molecule has 0 fully saturated rings. The molecule has 0 N–H and O–H groups in total. The summed E-state index contributed by atoms with van der Waals surface area (Å²) in [6.45, 7) is 7.12. The Hall–Kier alpha value is -2.96. The summed E-state index contributed by atoms with van der Waals surface area (Å²) in [5.74, 6) is 2.12. The van der Waals surface area contributed by atoms with Crippen LogP contribution in [0.4, 0.5) is 0 Å². The van der Waals surface area contributed by atoms with Gasteiger partial charge in [-0.25, -0.2) is 14.6 Å². The molecule has 1 atom stereocenters. The summed E-state index contributed by atoms with van der Waals surface area (Å²) in [6, 6.07) is 9.74. The Kier molecular flexibility index (Phi) is 4.06. The lowest BCUT2D eigenvalue weighted by Crippen LogP contribution is -2.45. The Bertz CT molecular complexity index is 929. The summed E-state index contributed by atoms with van der Waals surface area (Å²) in [7, 11) is 0. The maximum Gasteiger partial charge on any atom is 0.276 e. The number of rotatable bonds is 3. The van der Waals surface area contributed by atoms with Gasteiger partial charge in [-0.05, 0) is 12.8 Å². The number of amides is 1. The fourth-order valence-electron chi connectivity index (χ4n) is 3.46. The molecule has 26 heavy (non-hydrogen) atoms. The monoisotopic (exact) mass is 351 g/mol. The molecule has 0 radical (unpaired) electrons. The Morgan fingerprint density at radius 1 is 1.23 bits per heavy atom. The average molecular weight is 351 g/mol. The molecule has 2 aromatic heterocycles. The second kappa shape index (κ2) is 6.40. The molecule has 0 spiro atoms. The van der Waals surface area contributed by atoms with E-state index in [-0.39, 0.29) is 17.9 Å². The van der Waals surface area contributed by atoms with Crippen LogP contribution in [-0.4, -0.2) is 37.1 Å². The van der Waals surface area contributed by atoms with Crippen molar-refractivity contribution < 1.29 is 9.21 Å². The van der Waals surface area contributed by atoms with E-state index in [0.29, 0.717) is 30.4 Å². The maximum atomic E-state index is 13.0. The first-order valence-electron chi connectivity index (χ1n) is 8.77. The number of nitrogens with zero attached hydrogens (tertiary/aromatic N) is 5. The average Bonchev–Trinajstić information content (AvgIpc) is 3.26. The number of aromatic nitrogens is 4.